The summed E-state index contributed by atoms with van der Waals surface area (Å²) in [7, 11) is 1.21. The summed E-state index contributed by atoms with van der Waals surface area (Å²) in [5, 5.41) is 9.38. The van der Waals surface area contributed by atoms with Gasteiger partial charge in [0.1, 0.15) is 0 Å². The molecular formula is C17H25BrO3. The van der Waals surface area contributed by atoms with E-state index in [1.54, 1.807) is 24.3 Å². The molecule has 0 spiro atoms. The molecule has 0 fully saturated rings. The third-order valence-electron chi connectivity index (χ3n) is 3.68. The van der Waals surface area contributed by atoms with Crippen LogP contribution in [0.15, 0.2) is 28.7 Å². The van der Waals surface area contributed by atoms with E-state index in [4.69, 9.17) is 8.85 Å². The Balaban J connectivity index is 3.31. The number of methoxy groups -OCH3 is 1. The number of carbonyl (C=O) groups excluding carboxylic acids is 1. The summed E-state index contributed by atoms with van der Waals surface area (Å²) in [6.07, 6.45) is 1.20. The van der Waals surface area contributed by atoms with Crippen LogP contribution in [0.1, 0.15) is 49.6 Å². The minimum absolute atomic E-state index is 0.00285. The second-order valence-corrected chi connectivity index (χ2v) is 7.00. The first kappa shape index (κ1) is 13.8. The Morgan fingerprint density at radius 3 is 2.67 bits per heavy atom. The van der Waals surface area contributed by atoms with E-state index in [2.05, 4.69) is 15.9 Å². The lowest BCUT2D eigenvalue weighted by molar-refractivity contribution is -0.147. The number of ether oxygens (including phenoxy) is 1. The van der Waals surface area contributed by atoms with Crippen molar-refractivity contribution in [1.82, 2.24) is 0 Å². The van der Waals surface area contributed by atoms with Gasteiger partial charge in [-0.3, -0.25) is 4.79 Å². The molecule has 0 saturated carbocycles. The smallest absolute Gasteiger partial charge is 0.315 e. The molecule has 0 aliphatic heterocycles. The van der Waals surface area contributed by atoms with Crippen LogP contribution in [0.25, 0.3) is 0 Å². The van der Waals surface area contributed by atoms with Crippen molar-refractivity contribution in [2.24, 2.45) is 5.41 Å². The SMILES string of the molecule is [2H]C([2H])([2H])C(CCCC(C)(C)CO)(C(=O)OC)c1cccc(Br)c1. The first-order valence-corrected chi connectivity index (χ1v) is 7.75. The Labute approximate surface area is 140 Å². The highest BCUT2D eigenvalue weighted by Gasteiger charge is 2.36. The van der Waals surface area contributed by atoms with Gasteiger partial charge in [-0.05, 0) is 42.8 Å². The quantitative estimate of drug-likeness (QED) is 0.746. The van der Waals surface area contributed by atoms with Gasteiger partial charge >= 0.3 is 5.97 Å². The van der Waals surface area contributed by atoms with Gasteiger partial charge in [0.05, 0.1) is 12.5 Å². The highest BCUT2D eigenvalue weighted by Crippen LogP contribution is 2.34. The van der Waals surface area contributed by atoms with Gasteiger partial charge in [-0.2, -0.15) is 0 Å². The maximum Gasteiger partial charge on any atom is 0.315 e. The number of benzene rings is 1. The highest BCUT2D eigenvalue weighted by atomic mass is 79.9. The Morgan fingerprint density at radius 2 is 2.14 bits per heavy atom. The fraction of sp³-hybridized carbons (Fsp3) is 0.588. The summed E-state index contributed by atoms with van der Waals surface area (Å²) < 4.78 is 29.7. The van der Waals surface area contributed by atoms with Crippen LogP contribution in [0.5, 0.6) is 0 Å². The highest BCUT2D eigenvalue weighted by molar-refractivity contribution is 9.10. The van der Waals surface area contributed by atoms with E-state index in [1.165, 1.54) is 7.11 Å². The third kappa shape index (κ3) is 4.82. The van der Waals surface area contributed by atoms with Gasteiger partial charge in [0.25, 0.3) is 0 Å². The maximum atomic E-state index is 12.6. The number of hydrogen-bond donors (Lipinski definition) is 1. The van der Waals surface area contributed by atoms with Crippen LogP contribution in [0.4, 0.5) is 0 Å². The van der Waals surface area contributed by atoms with Gasteiger partial charge in [-0.1, -0.05) is 48.3 Å². The van der Waals surface area contributed by atoms with Gasteiger partial charge in [0, 0.05) is 15.2 Å². The molecule has 0 radical (unpaired) electrons. The van der Waals surface area contributed by atoms with E-state index in [-0.39, 0.29) is 18.4 Å². The molecule has 1 rings (SSSR count). The summed E-state index contributed by atoms with van der Waals surface area (Å²) in [6.45, 7) is 1.26. The standard InChI is InChI=1S/C17H25BrO3/c1-16(2,12-19)9-6-10-17(3,15(20)21-4)13-7-5-8-14(18)11-13/h5,7-8,11,19H,6,9-10,12H2,1-4H3/i3D3. The molecule has 0 aliphatic carbocycles. The lowest BCUT2D eigenvalue weighted by atomic mass is 9.76. The molecule has 0 saturated heterocycles. The van der Waals surface area contributed by atoms with Crippen LogP contribution in [-0.2, 0) is 14.9 Å². The van der Waals surface area contributed by atoms with Crippen LogP contribution in [0.3, 0.4) is 0 Å². The molecule has 1 aromatic carbocycles. The molecule has 1 N–H and O–H groups in total. The monoisotopic (exact) mass is 359 g/mol. The van der Waals surface area contributed by atoms with Crippen LogP contribution < -0.4 is 0 Å². The molecule has 0 aliphatic rings. The Kier molecular flexibility index (Phi) is 4.86. The van der Waals surface area contributed by atoms with E-state index >= 15 is 0 Å². The Bertz CT molecular complexity index is 572. The number of aliphatic hydroxyl groups excluding tert-OH is 1. The minimum atomic E-state index is -2.55. The van der Waals surface area contributed by atoms with Gasteiger partial charge in [0.15, 0.2) is 0 Å². The molecule has 1 atom stereocenters. The molecule has 3 nitrogen and oxygen atoms in total. The van der Waals surface area contributed by atoms with Crippen LogP contribution in [-0.4, -0.2) is 24.8 Å². The first-order chi connectivity index (χ1) is 11.0. The van der Waals surface area contributed by atoms with Crippen molar-refractivity contribution in [2.45, 2.75) is 45.4 Å². The molecule has 4 heteroatoms. The fourth-order valence-electron chi connectivity index (χ4n) is 2.20. The fourth-order valence-corrected chi connectivity index (χ4v) is 2.60. The van der Waals surface area contributed by atoms with Crippen molar-refractivity contribution in [3.8, 4) is 0 Å². The van der Waals surface area contributed by atoms with Gasteiger partial charge in [-0.25, -0.2) is 0 Å². The molecule has 0 bridgehead atoms. The minimum Gasteiger partial charge on any atom is -0.468 e. The van der Waals surface area contributed by atoms with Crippen LogP contribution in [0.2, 0.25) is 0 Å². The van der Waals surface area contributed by atoms with E-state index in [1.807, 2.05) is 13.8 Å². The summed E-state index contributed by atoms with van der Waals surface area (Å²) in [4.78, 5) is 12.6. The third-order valence-corrected chi connectivity index (χ3v) is 4.18. The van der Waals surface area contributed by atoms with Crippen LogP contribution >= 0.6 is 15.9 Å². The van der Waals surface area contributed by atoms with E-state index in [0.29, 0.717) is 22.9 Å². The van der Waals surface area contributed by atoms with Crippen molar-refractivity contribution in [3.05, 3.63) is 34.3 Å². The summed E-state index contributed by atoms with van der Waals surface area (Å²) in [5.41, 5.74) is -1.64. The molecule has 118 valence electrons. The molecule has 0 aromatic heterocycles. The lowest BCUT2D eigenvalue weighted by Crippen LogP contribution is -2.34. The predicted octanol–water partition coefficient (Wildman–Crippen LogP) is 4.07. The molecule has 21 heavy (non-hydrogen) atoms. The largest absolute Gasteiger partial charge is 0.468 e. The predicted molar refractivity (Wildman–Crippen MR) is 88.2 cm³/mol. The number of carbonyl (C=O) groups is 1. The summed E-state index contributed by atoms with van der Waals surface area (Å²) >= 11 is 3.33. The van der Waals surface area contributed by atoms with E-state index in [9.17, 15) is 9.90 Å². The van der Waals surface area contributed by atoms with Crippen molar-refractivity contribution in [1.29, 1.82) is 0 Å². The van der Waals surface area contributed by atoms with Crippen LogP contribution in [0, 0.1) is 5.41 Å². The zero-order valence-corrected chi connectivity index (χ0v) is 14.4. The van der Waals surface area contributed by atoms with Gasteiger partial charge in [0.2, 0.25) is 0 Å². The van der Waals surface area contributed by atoms with Gasteiger partial charge in [-0.15, -0.1) is 0 Å². The zero-order chi connectivity index (χ0) is 18.6. The Morgan fingerprint density at radius 1 is 1.43 bits per heavy atom. The summed E-state index contributed by atoms with van der Waals surface area (Å²) in [6, 6.07) is 6.78. The molecule has 0 heterocycles. The first-order valence-electron chi connectivity index (χ1n) is 8.45. The van der Waals surface area contributed by atoms with Crippen molar-refractivity contribution < 1.29 is 18.8 Å². The van der Waals surface area contributed by atoms with E-state index < -0.39 is 18.2 Å². The number of hydrogen-bond acceptors (Lipinski definition) is 3. The Hall–Kier alpha value is -0.870. The van der Waals surface area contributed by atoms with Gasteiger partial charge < -0.3 is 9.84 Å². The van der Waals surface area contributed by atoms with Crippen molar-refractivity contribution in [2.75, 3.05) is 13.7 Å². The lowest BCUT2D eigenvalue weighted by Gasteiger charge is -2.29. The number of rotatable bonds is 7. The molecule has 1 aromatic rings. The molecule has 0 amide bonds. The average Bonchev–Trinajstić information content (AvgIpc) is 2.49. The topological polar surface area (TPSA) is 46.5 Å². The maximum absolute atomic E-state index is 12.6. The second-order valence-electron chi connectivity index (χ2n) is 6.08. The second kappa shape index (κ2) is 7.41. The summed E-state index contributed by atoms with van der Waals surface area (Å²) in [5.74, 6) is -0.762. The van der Waals surface area contributed by atoms with Crippen molar-refractivity contribution in [3.63, 3.8) is 0 Å². The van der Waals surface area contributed by atoms with Crippen molar-refractivity contribution >= 4 is 21.9 Å². The number of halogens is 1. The average molecular weight is 360 g/mol. The normalized spacial score (nSPS) is 17.3. The number of aliphatic hydroxyl groups is 1. The molecular weight excluding hydrogens is 332 g/mol. The zero-order valence-electron chi connectivity index (χ0n) is 15.8. The molecule has 1 unspecified atom stereocenters. The number of esters is 1. The van der Waals surface area contributed by atoms with E-state index in [0.717, 1.165) is 0 Å².